The molecule has 26 heavy (non-hydrogen) atoms. The number of halogens is 1. The predicted molar refractivity (Wildman–Crippen MR) is 111 cm³/mol. The van der Waals surface area contributed by atoms with Gasteiger partial charge in [0.1, 0.15) is 18.1 Å². The van der Waals surface area contributed by atoms with E-state index in [1.165, 1.54) is 11.1 Å². The third kappa shape index (κ3) is 5.92. The standard InChI is InChI=1S/C23H23BrO2/c24-17-21-9-5-11-23(16-21)26-18-20-8-4-10-22(13-12-20)25-15-14-19-6-2-1-3-7-19/h1-3,5-13,16H,4,14-15,17-18H2. The Balaban J connectivity index is 1.46. The quantitative estimate of drug-likeness (QED) is 0.497. The lowest BCUT2D eigenvalue weighted by atomic mass is 10.2. The van der Waals surface area contributed by atoms with Crippen LogP contribution in [0, 0.1) is 0 Å². The van der Waals surface area contributed by atoms with Crippen molar-refractivity contribution < 1.29 is 9.47 Å². The van der Waals surface area contributed by atoms with Crippen molar-refractivity contribution in [3.8, 4) is 5.75 Å². The average molecular weight is 411 g/mol. The molecule has 0 aliphatic heterocycles. The number of benzene rings is 2. The molecule has 0 spiro atoms. The van der Waals surface area contributed by atoms with Gasteiger partial charge in [-0.3, -0.25) is 0 Å². The van der Waals surface area contributed by atoms with Gasteiger partial charge in [0.15, 0.2) is 0 Å². The van der Waals surface area contributed by atoms with Gasteiger partial charge in [-0.15, -0.1) is 0 Å². The molecule has 1 aliphatic rings. The molecule has 0 atom stereocenters. The van der Waals surface area contributed by atoms with E-state index < -0.39 is 0 Å². The van der Waals surface area contributed by atoms with Crippen LogP contribution in [0.2, 0.25) is 0 Å². The molecule has 0 radical (unpaired) electrons. The van der Waals surface area contributed by atoms with Crippen LogP contribution in [0.3, 0.4) is 0 Å². The zero-order valence-electron chi connectivity index (χ0n) is 14.7. The largest absolute Gasteiger partial charge is 0.494 e. The SMILES string of the molecule is BrCc1cccc(OCC2=CCC=C(OCCc3ccccc3)C=C2)c1. The summed E-state index contributed by atoms with van der Waals surface area (Å²) in [5.74, 6) is 1.82. The molecule has 0 amide bonds. The summed E-state index contributed by atoms with van der Waals surface area (Å²) in [5, 5.41) is 0.834. The Hall–Kier alpha value is -2.26. The van der Waals surface area contributed by atoms with E-state index in [9.17, 15) is 0 Å². The Bertz CT molecular complexity index is 791. The number of allylic oxidation sites excluding steroid dienone is 3. The van der Waals surface area contributed by atoms with E-state index in [4.69, 9.17) is 9.47 Å². The summed E-state index contributed by atoms with van der Waals surface area (Å²) < 4.78 is 11.8. The Morgan fingerprint density at radius 1 is 0.846 bits per heavy atom. The lowest BCUT2D eigenvalue weighted by molar-refractivity contribution is 0.227. The van der Waals surface area contributed by atoms with Crippen molar-refractivity contribution in [1.82, 2.24) is 0 Å². The van der Waals surface area contributed by atoms with Crippen LogP contribution in [0.4, 0.5) is 0 Å². The first-order valence-electron chi connectivity index (χ1n) is 8.85. The number of rotatable bonds is 8. The Morgan fingerprint density at radius 2 is 1.69 bits per heavy atom. The number of hydrogen-bond acceptors (Lipinski definition) is 2. The minimum absolute atomic E-state index is 0.563. The van der Waals surface area contributed by atoms with Gasteiger partial charge < -0.3 is 9.47 Å². The summed E-state index contributed by atoms with van der Waals surface area (Å²) in [6.45, 7) is 1.25. The normalized spacial score (nSPS) is 13.6. The molecule has 0 heterocycles. The fourth-order valence-corrected chi connectivity index (χ4v) is 3.03. The smallest absolute Gasteiger partial charge is 0.120 e. The van der Waals surface area contributed by atoms with Crippen molar-refractivity contribution in [3.63, 3.8) is 0 Å². The van der Waals surface area contributed by atoms with Crippen LogP contribution in [0.15, 0.2) is 90.2 Å². The first-order chi connectivity index (χ1) is 12.8. The molecule has 0 saturated heterocycles. The highest BCUT2D eigenvalue weighted by Crippen LogP contribution is 2.18. The highest BCUT2D eigenvalue weighted by atomic mass is 79.9. The topological polar surface area (TPSA) is 18.5 Å². The molecule has 134 valence electrons. The second-order valence-corrected chi connectivity index (χ2v) is 6.67. The van der Waals surface area contributed by atoms with Crippen molar-refractivity contribution in [3.05, 3.63) is 101 Å². The van der Waals surface area contributed by atoms with Gasteiger partial charge in [0.25, 0.3) is 0 Å². The molecule has 3 rings (SSSR count). The monoisotopic (exact) mass is 410 g/mol. The molecule has 0 bridgehead atoms. The average Bonchev–Trinajstić information content (AvgIpc) is 2.93. The van der Waals surface area contributed by atoms with Crippen LogP contribution in [0.1, 0.15) is 17.5 Å². The lowest BCUT2D eigenvalue weighted by Gasteiger charge is -2.08. The summed E-state index contributed by atoms with van der Waals surface area (Å²) >= 11 is 3.47. The van der Waals surface area contributed by atoms with Gasteiger partial charge in [-0.25, -0.2) is 0 Å². The molecule has 0 aromatic heterocycles. The summed E-state index contributed by atoms with van der Waals surface area (Å²) in [6, 6.07) is 18.6. The minimum atomic E-state index is 0.563. The van der Waals surface area contributed by atoms with Crippen LogP contribution in [0.5, 0.6) is 5.75 Å². The summed E-state index contributed by atoms with van der Waals surface area (Å²) in [5.41, 5.74) is 3.67. The van der Waals surface area contributed by atoms with E-state index in [1.54, 1.807) is 0 Å². The van der Waals surface area contributed by atoms with Gasteiger partial charge in [0, 0.05) is 11.8 Å². The molecule has 0 fully saturated rings. The third-order valence-electron chi connectivity index (χ3n) is 4.12. The Morgan fingerprint density at radius 3 is 2.54 bits per heavy atom. The van der Waals surface area contributed by atoms with Gasteiger partial charge in [0.2, 0.25) is 0 Å². The van der Waals surface area contributed by atoms with Gasteiger partial charge in [0.05, 0.1) is 6.61 Å². The zero-order valence-corrected chi connectivity index (χ0v) is 16.3. The fourth-order valence-electron chi connectivity index (χ4n) is 2.68. The second-order valence-electron chi connectivity index (χ2n) is 6.11. The molecule has 0 unspecified atom stereocenters. The molecule has 3 heteroatoms. The maximum atomic E-state index is 5.91. The summed E-state index contributed by atoms with van der Waals surface area (Å²) in [6.07, 6.45) is 10.2. The predicted octanol–water partition coefficient (Wildman–Crippen LogP) is 5.99. The first kappa shape index (κ1) is 18.5. The molecular formula is C23H23BrO2. The number of alkyl halides is 1. The molecule has 2 aromatic rings. The molecule has 1 aliphatic carbocycles. The van der Waals surface area contributed by atoms with Crippen LogP contribution in [0.25, 0.3) is 0 Å². The van der Waals surface area contributed by atoms with Crippen molar-refractivity contribution in [2.45, 2.75) is 18.2 Å². The van der Waals surface area contributed by atoms with E-state index in [1.807, 2.05) is 24.3 Å². The Kier molecular flexibility index (Phi) is 7.15. The van der Waals surface area contributed by atoms with E-state index in [0.717, 1.165) is 35.3 Å². The molecule has 2 nitrogen and oxygen atoms in total. The van der Waals surface area contributed by atoms with Crippen molar-refractivity contribution in [2.75, 3.05) is 13.2 Å². The minimum Gasteiger partial charge on any atom is -0.494 e. The number of hydrogen-bond donors (Lipinski definition) is 0. The van der Waals surface area contributed by atoms with Crippen molar-refractivity contribution in [2.24, 2.45) is 0 Å². The van der Waals surface area contributed by atoms with Crippen LogP contribution >= 0.6 is 15.9 Å². The van der Waals surface area contributed by atoms with Gasteiger partial charge in [-0.1, -0.05) is 70.5 Å². The maximum absolute atomic E-state index is 5.91. The van der Waals surface area contributed by atoms with Crippen molar-refractivity contribution in [1.29, 1.82) is 0 Å². The highest BCUT2D eigenvalue weighted by Gasteiger charge is 2.03. The molecule has 0 N–H and O–H groups in total. The molecule has 0 saturated carbocycles. The molecular weight excluding hydrogens is 388 g/mol. The first-order valence-corrected chi connectivity index (χ1v) is 9.97. The second kappa shape index (κ2) is 10.0. The molecule has 2 aromatic carbocycles. The van der Waals surface area contributed by atoms with Gasteiger partial charge in [-0.2, -0.15) is 0 Å². The van der Waals surface area contributed by atoms with E-state index in [2.05, 4.69) is 70.6 Å². The van der Waals surface area contributed by atoms with Gasteiger partial charge in [-0.05, 0) is 47.4 Å². The van der Waals surface area contributed by atoms with Crippen LogP contribution < -0.4 is 4.74 Å². The highest BCUT2D eigenvalue weighted by molar-refractivity contribution is 9.08. The summed E-state index contributed by atoms with van der Waals surface area (Å²) in [7, 11) is 0. The van der Waals surface area contributed by atoms with Gasteiger partial charge >= 0.3 is 0 Å². The lowest BCUT2D eigenvalue weighted by Crippen LogP contribution is -2.00. The number of ether oxygens (including phenoxy) is 2. The van der Waals surface area contributed by atoms with E-state index in [0.29, 0.717) is 13.2 Å². The summed E-state index contributed by atoms with van der Waals surface area (Å²) in [4.78, 5) is 0. The zero-order chi connectivity index (χ0) is 18.0. The van der Waals surface area contributed by atoms with Crippen LogP contribution in [-0.2, 0) is 16.5 Å². The maximum Gasteiger partial charge on any atom is 0.120 e. The third-order valence-corrected chi connectivity index (χ3v) is 4.77. The van der Waals surface area contributed by atoms with E-state index in [-0.39, 0.29) is 0 Å². The van der Waals surface area contributed by atoms with Crippen molar-refractivity contribution >= 4 is 15.9 Å². The fraction of sp³-hybridized carbons (Fsp3) is 0.217. The Labute approximate surface area is 164 Å². The van der Waals surface area contributed by atoms with E-state index >= 15 is 0 Å². The van der Waals surface area contributed by atoms with Crippen LogP contribution in [-0.4, -0.2) is 13.2 Å².